The van der Waals surface area contributed by atoms with Gasteiger partial charge >= 0.3 is 0 Å². The Kier molecular flexibility index (Phi) is 6.11. The Morgan fingerprint density at radius 3 is 2.87 bits per heavy atom. The number of hydrogen-bond donors (Lipinski definition) is 1. The number of anilines is 1. The van der Waals surface area contributed by atoms with E-state index in [0.29, 0.717) is 35.4 Å². The zero-order valence-electron chi connectivity index (χ0n) is 16.7. The Balaban J connectivity index is 1.61. The van der Waals surface area contributed by atoms with E-state index < -0.39 is 17.8 Å². The molecule has 1 fully saturated rings. The minimum Gasteiger partial charge on any atom is -0.598 e. The minimum absolute atomic E-state index is 0.315. The van der Waals surface area contributed by atoms with E-state index in [-0.39, 0.29) is 5.69 Å². The van der Waals surface area contributed by atoms with Crippen LogP contribution in [-0.4, -0.2) is 55.0 Å². The SMILES string of the molecule is CC1CC(CN[S+](C)[O-])CN(c2cc(-c3cnc4ccc(C(F)F)nn34)ncn2)C1. The Morgan fingerprint density at radius 2 is 2.10 bits per heavy atom. The molecular formula is C19H23F2N7OS. The van der Waals surface area contributed by atoms with Gasteiger partial charge in [0.1, 0.15) is 29.8 Å². The van der Waals surface area contributed by atoms with E-state index in [1.165, 1.54) is 23.0 Å². The van der Waals surface area contributed by atoms with Crippen LogP contribution in [0.25, 0.3) is 17.0 Å². The molecule has 160 valence electrons. The third kappa shape index (κ3) is 4.52. The molecule has 4 rings (SSSR count). The number of rotatable bonds is 6. The van der Waals surface area contributed by atoms with E-state index in [2.05, 4.69) is 36.6 Å². The Morgan fingerprint density at radius 1 is 1.27 bits per heavy atom. The molecule has 3 aromatic heterocycles. The van der Waals surface area contributed by atoms with Crippen molar-refractivity contribution in [3.8, 4) is 11.4 Å². The second kappa shape index (κ2) is 8.78. The lowest BCUT2D eigenvalue weighted by atomic mass is 9.90. The lowest BCUT2D eigenvalue weighted by Crippen LogP contribution is -2.44. The van der Waals surface area contributed by atoms with Gasteiger partial charge in [-0.15, -0.1) is 4.72 Å². The topological polar surface area (TPSA) is 94.3 Å². The molecule has 1 N–H and O–H groups in total. The maximum atomic E-state index is 13.1. The molecule has 0 aliphatic carbocycles. The largest absolute Gasteiger partial charge is 0.598 e. The van der Waals surface area contributed by atoms with E-state index in [1.54, 1.807) is 12.5 Å². The smallest absolute Gasteiger partial charge is 0.282 e. The Hall–Kier alpha value is -2.37. The lowest BCUT2D eigenvalue weighted by Gasteiger charge is -2.37. The van der Waals surface area contributed by atoms with Gasteiger partial charge < -0.3 is 9.45 Å². The fourth-order valence-corrected chi connectivity index (χ4v) is 4.36. The van der Waals surface area contributed by atoms with Crippen LogP contribution >= 0.6 is 0 Å². The van der Waals surface area contributed by atoms with Gasteiger partial charge in [0.05, 0.1) is 11.9 Å². The number of nitrogens with one attached hydrogen (secondary N) is 1. The van der Waals surface area contributed by atoms with Crippen LogP contribution in [0, 0.1) is 11.8 Å². The van der Waals surface area contributed by atoms with Crippen LogP contribution in [0.2, 0.25) is 0 Å². The lowest BCUT2D eigenvalue weighted by molar-refractivity contribution is 0.144. The summed E-state index contributed by atoms with van der Waals surface area (Å²) in [5.41, 5.74) is 1.25. The summed E-state index contributed by atoms with van der Waals surface area (Å²) in [6.07, 6.45) is 3.06. The molecule has 1 saturated heterocycles. The predicted molar refractivity (Wildman–Crippen MR) is 111 cm³/mol. The van der Waals surface area contributed by atoms with Crippen molar-refractivity contribution in [2.75, 3.05) is 30.8 Å². The van der Waals surface area contributed by atoms with Gasteiger partial charge in [-0.25, -0.2) is 28.2 Å². The first kappa shape index (κ1) is 20.9. The van der Waals surface area contributed by atoms with Gasteiger partial charge in [0.25, 0.3) is 6.43 Å². The number of alkyl halides is 2. The Bertz CT molecular complexity index is 1020. The number of nitrogens with zero attached hydrogens (tertiary/aromatic N) is 6. The standard InChI is InChI=1S/C19H23F2N7OS/c1-12-5-13(7-25-30(2)29)10-27(9-12)18-6-15(23-11-24-18)16-8-22-17-4-3-14(19(20)21)26-28(16)17/h3-4,6,8,11-13,19,25H,5,7,9-10H2,1-2H3. The van der Waals surface area contributed by atoms with Crippen LogP contribution in [0.4, 0.5) is 14.6 Å². The summed E-state index contributed by atoms with van der Waals surface area (Å²) >= 11 is -1.04. The molecule has 0 bridgehead atoms. The highest BCUT2D eigenvalue weighted by atomic mass is 32.2. The summed E-state index contributed by atoms with van der Waals surface area (Å²) < 4.78 is 41.9. The fraction of sp³-hybridized carbons (Fsp3) is 0.474. The average Bonchev–Trinajstić information content (AvgIpc) is 3.15. The van der Waals surface area contributed by atoms with Gasteiger partial charge in [-0.1, -0.05) is 6.92 Å². The highest BCUT2D eigenvalue weighted by molar-refractivity contribution is 7.88. The fourth-order valence-electron chi connectivity index (χ4n) is 3.89. The molecule has 0 saturated carbocycles. The van der Waals surface area contributed by atoms with Crippen LogP contribution in [0.5, 0.6) is 0 Å². The molecule has 0 radical (unpaired) electrons. The highest BCUT2D eigenvalue weighted by Gasteiger charge is 2.27. The van der Waals surface area contributed by atoms with Gasteiger partial charge in [0.2, 0.25) is 0 Å². The van der Waals surface area contributed by atoms with E-state index in [9.17, 15) is 13.3 Å². The Labute approximate surface area is 176 Å². The van der Waals surface area contributed by atoms with Crippen LogP contribution in [0.3, 0.4) is 0 Å². The zero-order valence-corrected chi connectivity index (χ0v) is 17.5. The van der Waals surface area contributed by atoms with Crippen molar-refractivity contribution in [2.24, 2.45) is 11.8 Å². The first-order valence-corrected chi connectivity index (χ1v) is 11.2. The second-order valence-corrected chi connectivity index (χ2v) is 8.85. The molecule has 3 unspecified atom stereocenters. The van der Waals surface area contributed by atoms with Crippen molar-refractivity contribution in [2.45, 2.75) is 19.8 Å². The predicted octanol–water partition coefficient (Wildman–Crippen LogP) is 2.47. The molecule has 1 aliphatic heterocycles. The van der Waals surface area contributed by atoms with Gasteiger partial charge in [-0.05, 0) is 30.4 Å². The molecule has 11 heteroatoms. The maximum absolute atomic E-state index is 13.1. The van der Waals surface area contributed by atoms with Crippen molar-refractivity contribution in [1.29, 1.82) is 0 Å². The first-order valence-electron chi connectivity index (χ1n) is 9.68. The number of halogens is 2. The number of piperidine rings is 1. The first-order chi connectivity index (χ1) is 14.4. The van der Waals surface area contributed by atoms with Crippen molar-refractivity contribution < 1.29 is 13.3 Å². The summed E-state index contributed by atoms with van der Waals surface area (Å²) in [6.45, 7) is 4.49. The summed E-state index contributed by atoms with van der Waals surface area (Å²) in [6, 6.07) is 4.62. The van der Waals surface area contributed by atoms with Gasteiger partial charge in [0.15, 0.2) is 5.65 Å². The summed E-state index contributed by atoms with van der Waals surface area (Å²) in [4.78, 5) is 15.2. The van der Waals surface area contributed by atoms with Crippen LogP contribution < -0.4 is 9.62 Å². The third-order valence-corrected chi connectivity index (χ3v) is 5.74. The van der Waals surface area contributed by atoms with Gasteiger partial charge in [0, 0.05) is 37.1 Å². The number of hydrogen-bond acceptors (Lipinski definition) is 7. The normalized spacial score (nSPS) is 20.8. The van der Waals surface area contributed by atoms with Gasteiger partial charge in [-0.2, -0.15) is 5.10 Å². The molecule has 0 aromatic carbocycles. The second-order valence-electron chi connectivity index (χ2n) is 7.65. The van der Waals surface area contributed by atoms with E-state index in [0.717, 1.165) is 25.3 Å². The molecule has 3 atom stereocenters. The quantitative estimate of drug-likeness (QED) is 0.595. The molecule has 4 heterocycles. The molecule has 3 aromatic rings. The number of imidazole rings is 1. The minimum atomic E-state index is -2.66. The van der Waals surface area contributed by atoms with Crippen molar-refractivity contribution in [3.63, 3.8) is 0 Å². The molecule has 8 nitrogen and oxygen atoms in total. The summed E-state index contributed by atoms with van der Waals surface area (Å²) in [7, 11) is 0. The molecular weight excluding hydrogens is 412 g/mol. The monoisotopic (exact) mass is 435 g/mol. The highest BCUT2D eigenvalue weighted by Crippen LogP contribution is 2.28. The molecule has 1 aliphatic rings. The average molecular weight is 436 g/mol. The van der Waals surface area contributed by atoms with Crippen molar-refractivity contribution >= 4 is 22.8 Å². The van der Waals surface area contributed by atoms with Crippen molar-refractivity contribution in [1.82, 2.24) is 29.3 Å². The van der Waals surface area contributed by atoms with Crippen LogP contribution in [0.1, 0.15) is 25.5 Å². The maximum Gasteiger partial charge on any atom is 0.282 e. The summed E-state index contributed by atoms with van der Waals surface area (Å²) in [5, 5.41) is 4.01. The number of fused-ring (bicyclic) bond motifs is 1. The molecule has 0 amide bonds. The third-order valence-electron chi connectivity index (χ3n) is 5.17. The van der Waals surface area contributed by atoms with Gasteiger partial charge in [-0.3, -0.25) is 0 Å². The van der Waals surface area contributed by atoms with E-state index in [4.69, 9.17) is 0 Å². The van der Waals surface area contributed by atoms with Crippen LogP contribution in [-0.2, 0) is 11.4 Å². The zero-order chi connectivity index (χ0) is 21.3. The number of aromatic nitrogens is 5. The van der Waals surface area contributed by atoms with Crippen molar-refractivity contribution in [3.05, 3.63) is 36.4 Å². The summed E-state index contributed by atoms with van der Waals surface area (Å²) in [5.74, 6) is 1.57. The molecule has 30 heavy (non-hydrogen) atoms. The van der Waals surface area contributed by atoms with Crippen LogP contribution in [0.15, 0.2) is 30.7 Å². The van der Waals surface area contributed by atoms with E-state index in [1.807, 2.05) is 6.07 Å². The molecule has 0 spiro atoms. The van der Waals surface area contributed by atoms with E-state index >= 15 is 0 Å².